The Balaban J connectivity index is 2.48. The molecule has 17 heavy (non-hydrogen) atoms. The molecule has 0 radical (unpaired) electrons. The van der Waals surface area contributed by atoms with Crippen LogP contribution in [0.1, 0.15) is 10.4 Å². The highest BCUT2D eigenvalue weighted by Crippen LogP contribution is 2.14. The van der Waals surface area contributed by atoms with E-state index in [1.165, 1.54) is 12.1 Å². The number of carbonyl (C=O) groups excluding carboxylic acids is 1. The first kappa shape index (κ1) is 13.0. The fourth-order valence-electron chi connectivity index (χ4n) is 1.06. The number of hydrogen-bond acceptors (Lipinski definition) is 3. The molecule has 0 aliphatic rings. The summed E-state index contributed by atoms with van der Waals surface area (Å²) in [7, 11) is 0. The first-order chi connectivity index (χ1) is 8.15. The summed E-state index contributed by atoms with van der Waals surface area (Å²) in [6.45, 7) is 4.02. The molecule has 0 bridgehead atoms. The molecule has 0 fully saturated rings. The van der Waals surface area contributed by atoms with Gasteiger partial charge in [0.05, 0.1) is 5.56 Å². The second-order valence-electron chi connectivity index (χ2n) is 3.09. The minimum atomic E-state index is -0.467. The Morgan fingerprint density at radius 3 is 2.76 bits per heavy atom. The number of amides is 1. The molecule has 0 spiro atoms. The van der Waals surface area contributed by atoms with Gasteiger partial charge in [-0.3, -0.25) is 15.6 Å². The highest BCUT2D eigenvalue weighted by molar-refractivity contribution is 7.80. The van der Waals surface area contributed by atoms with Crippen LogP contribution in [0.5, 0.6) is 5.75 Å². The van der Waals surface area contributed by atoms with Crippen LogP contribution in [0.15, 0.2) is 36.9 Å². The minimum absolute atomic E-state index is 0.0863. The van der Waals surface area contributed by atoms with Crippen LogP contribution < -0.4 is 16.2 Å². The van der Waals surface area contributed by atoms with E-state index in [9.17, 15) is 9.90 Å². The van der Waals surface area contributed by atoms with Gasteiger partial charge in [-0.15, -0.1) is 6.58 Å². The number of rotatable bonds is 3. The normalized spacial score (nSPS) is 9.18. The lowest BCUT2D eigenvalue weighted by atomic mass is 10.2. The molecule has 0 heterocycles. The molecule has 5 nitrogen and oxygen atoms in total. The van der Waals surface area contributed by atoms with Crippen molar-refractivity contribution in [3.8, 4) is 5.75 Å². The van der Waals surface area contributed by atoms with E-state index in [0.717, 1.165) is 0 Å². The SMILES string of the molecule is C=CCNC(=S)NNC(=O)c1ccccc1O. The van der Waals surface area contributed by atoms with Crippen molar-refractivity contribution < 1.29 is 9.90 Å². The third-order valence-electron chi connectivity index (χ3n) is 1.85. The van der Waals surface area contributed by atoms with E-state index in [-0.39, 0.29) is 16.4 Å². The van der Waals surface area contributed by atoms with Crippen molar-refractivity contribution in [1.82, 2.24) is 16.2 Å². The summed E-state index contributed by atoms with van der Waals surface area (Å²) in [6, 6.07) is 6.23. The van der Waals surface area contributed by atoms with Gasteiger partial charge in [0.25, 0.3) is 5.91 Å². The number of hydrazine groups is 1. The summed E-state index contributed by atoms with van der Waals surface area (Å²) in [5.74, 6) is -0.553. The average molecular weight is 251 g/mol. The van der Waals surface area contributed by atoms with Crippen molar-refractivity contribution in [2.24, 2.45) is 0 Å². The molecule has 0 aliphatic heterocycles. The van der Waals surface area contributed by atoms with Gasteiger partial charge in [-0.25, -0.2) is 0 Å². The van der Waals surface area contributed by atoms with Gasteiger partial charge in [-0.1, -0.05) is 18.2 Å². The van der Waals surface area contributed by atoms with Gasteiger partial charge in [-0.2, -0.15) is 0 Å². The van der Waals surface area contributed by atoms with Gasteiger partial charge in [-0.05, 0) is 24.4 Å². The quantitative estimate of drug-likeness (QED) is 0.361. The van der Waals surface area contributed by atoms with E-state index in [4.69, 9.17) is 12.2 Å². The molecular weight excluding hydrogens is 238 g/mol. The number of phenolic OH excluding ortho intramolecular Hbond substituents is 1. The zero-order chi connectivity index (χ0) is 12.7. The Labute approximate surface area is 105 Å². The summed E-state index contributed by atoms with van der Waals surface area (Å²) >= 11 is 4.87. The maximum atomic E-state index is 11.6. The van der Waals surface area contributed by atoms with Gasteiger partial charge in [0, 0.05) is 6.54 Å². The summed E-state index contributed by atoms with van der Waals surface area (Å²) in [6.07, 6.45) is 1.64. The van der Waals surface area contributed by atoms with Crippen LogP contribution in [0, 0.1) is 0 Å². The van der Waals surface area contributed by atoms with E-state index in [1.807, 2.05) is 0 Å². The zero-order valence-corrected chi connectivity index (χ0v) is 9.88. The topological polar surface area (TPSA) is 73.4 Å². The maximum Gasteiger partial charge on any atom is 0.273 e. The van der Waals surface area contributed by atoms with Crippen LogP contribution in [-0.4, -0.2) is 22.7 Å². The third-order valence-corrected chi connectivity index (χ3v) is 2.09. The molecule has 0 unspecified atom stereocenters. The molecule has 1 aromatic carbocycles. The highest BCUT2D eigenvalue weighted by atomic mass is 32.1. The van der Waals surface area contributed by atoms with E-state index >= 15 is 0 Å². The minimum Gasteiger partial charge on any atom is -0.507 e. The van der Waals surface area contributed by atoms with Gasteiger partial charge in [0.2, 0.25) is 0 Å². The summed E-state index contributed by atoms with van der Waals surface area (Å²) in [5.41, 5.74) is 5.04. The van der Waals surface area contributed by atoms with E-state index in [1.54, 1.807) is 18.2 Å². The van der Waals surface area contributed by atoms with Crippen molar-refractivity contribution in [2.45, 2.75) is 0 Å². The van der Waals surface area contributed by atoms with Crippen LogP contribution in [0.3, 0.4) is 0 Å². The third kappa shape index (κ3) is 4.12. The molecule has 4 N–H and O–H groups in total. The van der Waals surface area contributed by atoms with Gasteiger partial charge >= 0.3 is 0 Å². The lowest BCUT2D eigenvalue weighted by molar-refractivity contribution is 0.0941. The average Bonchev–Trinajstić information content (AvgIpc) is 2.34. The number of nitrogens with one attached hydrogen (secondary N) is 3. The summed E-state index contributed by atoms with van der Waals surface area (Å²) in [5, 5.41) is 12.5. The smallest absolute Gasteiger partial charge is 0.273 e. The van der Waals surface area contributed by atoms with Crippen molar-refractivity contribution in [2.75, 3.05) is 6.54 Å². The van der Waals surface area contributed by atoms with E-state index < -0.39 is 5.91 Å². The molecule has 0 aromatic heterocycles. The number of thiocarbonyl (C=S) groups is 1. The molecule has 0 saturated carbocycles. The molecule has 6 heteroatoms. The number of phenols is 1. The molecule has 1 rings (SSSR count). The lowest BCUT2D eigenvalue weighted by Gasteiger charge is -2.10. The Kier molecular flexibility index (Phi) is 4.96. The molecule has 1 amide bonds. The molecular formula is C11H13N3O2S. The van der Waals surface area contributed by atoms with Crippen LogP contribution >= 0.6 is 12.2 Å². The highest BCUT2D eigenvalue weighted by Gasteiger charge is 2.09. The van der Waals surface area contributed by atoms with Crippen molar-refractivity contribution in [3.05, 3.63) is 42.5 Å². The van der Waals surface area contributed by atoms with Crippen LogP contribution in [-0.2, 0) is 0 Å². The first-order valence-electron chi connectivity index (χ1n) is 4.88. The van der Waals surface area contributed by atoms with Crippen LogP contribution in [0.2, 0.25) is 0 Å². The van der Waals surface area contributed by atoms with E-state index in [2.05, 4.69) is 22.7 Å². The largest absolute Gasteiger partial charge is 0.507 e. The number of aromatic hydroxyl groups is 1. The molecule has 90 valence electrons. The van der Waals surface area contributed by atoms with Crippen LogP contribution in [0.25, 0.3) is 0 Å². The Bertz CT molecular complexity index is 434. The molecule has 0 atom stereocenters. The van der Waals surface area contributed by atoms with Crippen molar-refractivity contribution in [1.29, 1.82) is 0 Å². The number of para-hydroxylation sites is 1. The second kappa shape index (κ2) is 6.49. The predicted octanol–water partition coefficient (Wildman–Crippen LogP) is 0.687. The second-order valence-corrected chi connectivity index (χ2v) is 3.50. The fourth-order valence-corrected chi connectivity index (χ4v) is 1.19. The molecule has 1 aromatic rings. The number of carbonyl (C=O) groups is 1. The fraction of sp³-hybridized carbons (Fsp3) is 0.0909. The Morgan fingerprint density at radius 1 is 1.41 bits per heavy atom. The standard InChI is InChI=1S/C11H13N3O2S/c1-2-7-12-11(17)14-13-10(16)8-5-3-4-6-9(8)15/h2-6,15H,1,7H2,(H,13,16)(H2,12,14,17). The van der Waals surface area contributed by atoms with Gasteiger partial charge < -0.3 is 10.4 Å². The monoisotopic (exact) mass is 251 g/mol. The molecule has 0 saturated heterocycles. The summed E-state index contributed by atoms with van der Waals surface area (Å²) in [4.78, 5) is 11.6. The molecule has 0 aliphatic carbocycles. The van der Waals surface area contributed by atoms with Gasteiger partial charge in [0.1, 0.15) is 5.75 Å². The van der Waals surface area contributed by atoms with Crippen LogP contribution in [0.4, 0.5) is 0 Å². The Hall–Kier alpha value is -2.08. The Morgan fingerprint density at radius 2 is 2.12 bits per heavy atom. The zero-order valence-electron chi connectivity index (χ0n) is 9.06. The first-order valence-corrected chi connectivity index (χ1v) is 5.29. The van der Waals surface area contributed by atoms with Gasteiger partial charge in [0.15, 0.2) is 5.11 Å². The lowest BCUT2D eigenvalue weighted by Crippen LogP contribution is -2.46. The van der Waals surface area contributed by atoms with Crippen molar-refractivity contribution in [3.63, 3.8) is 0 Å². The number of hydrogen-bond donors (Lipinski definition) is 4. The number of benzene rings is 1. The van der Waals surface area contributed by atoms with E-state index in [0.29, 0.717) is 6.54 Å². The van der Waals surface area contributed by atoms with Crippen molar-refractivity contribution >= 4 is 23.2 Å². The maximum absolute atomic E-state index is 11.6. The summed E-state index contributed by atoms with van der Waals surface area (Å²) < 4.78 is 0. The predicted molar refractivity (Wildman–Crippen MR) is 69.5 cm³/mol.